The zero-order chi connectivity index (χ0) is 14.8. The normalized spacial score (nSPS) is 16.9. The van der Waals surface area contributed by atoms with Crippen molar-refractivity contribution in [3.05, 3.63) is 24.2 Å². The summed E-state index contributed by atoms with van der Waals surface area (Å²) in [6.07, 6.45) is 9.04. The van der Waals surface area contributed by atoms with Crippen LogP contribution in [-0.4, -0.2) is 38.8 Å². The third-order valence-corrected chi connectivity index (χ3v) is 3.76. The van der Waals surface area contributed by atoms with Gasteiger partial charge in [0.2, 0.25) is 0 Å². The van der Waals surface area contributed by atoms with Gasteiger partial charge in [-0.3, -0.25) is 4.99 Å². The lowest BCUT2D eigenvalue weighted by atomic mass is 9.96. The quantitative estimate of drug-likeness (QED) is 0.460. The Bertz CT molecular complexity index is 398. The maximum absolute atomic E-state index is 5.34. The van der Waals surface area contributed by atoms with Crippen LogP contribution in [0.25, 0.3) is 0 Å². The number of nitrogens with zero attached hydrogens (tertiary/aromatic N) is 1. The van der Waals surface area contributed by atoms with Gasteiger partial charge in [-0.15, -0.1) is 0 Å². The fourth-order valence-electron chi connectivity index (χ4n) is 2.60. The maximum Gasteiger partial charge on any atom is 0.191 e. The summed E-state index contributed by atoms with van der Waals surface area (Å²) in [5, 5.41) is 6.94. The zero-order valence-electron chi connectivity index (χ0n) is 12.9. The molecule has 0 bridgehead atoms. The van der Waals surface area contributed by atoms with Gasteiger partial charge in [-0.1, -0.05) is 19.3 Å². The molecule has 0 aliphatic heterocycles. The molecule has 0 spiro atoms. The number of aliphatic imine (C=N–C) groups is 1. The highest BCUT2D eigenvalue weighted by molar-refractivity contribution is 5.80. The molecule has 1 aromatic heterocycles. The largest absolute Gasteiger partial charge is 0.469 e. The summed E-state index contributed by atoms with van der Waals surface area (Å²) in [5.41, 5.74) is 0. The van der Waals surface area contributed by atoms with E-state index in [0.29, 0.717) is 19.2 Å². The molecule has 21 heavy (non-hydrogen) atoms. The van der Waals surface area contributed by atoms with Crippen LogP contribution in [0, 0.1) is 0 Å². The molecule has 1 aromatic rings. The van der Waals surface area contributed by atoms with E-state index < -0.39 is 0 Å². The van der Waals surface area contributed by atoms with Crippen molar-refractivity contribution in [1.29, 1.82) is 0 Å². The van der Waals surface area contributed by atoms with Crippen LogP contribution >= 0.6 is 0 Å². The molecule has 0 atom stereocenters. The molecule has 1 fully saturated rings. The molecule has 0 radical (unpaired) electrons. The summed E-state index contributed by atoms with van der Waals surface area (Å²) in [4.78, 5) is 4.57. The highest BCUT2D eigenvalue weighted by Crippen LogP contribution is 2.17. The molecule has 0 aromatic carbocycles. The number of furan rings is 1. The smallest absolute Gasteiger partial charge is 0.191 e. The van der Waals surface area contributed by atoms with Gasteiger partial charge in [0.25, 0.3) is 0 Å². The number of ether oxygens (including phenoxy) is 1. The van der Waals surface area contributed by atoms with E-state index in [1.54, 1.807) is 13.4 Å². The van der Waals surface area contributed by atoms with Crippen molar-refractivity contribution in [1.82, 2.24) is 10.6 Å². The molecule has 2 N–H and O–H groups in total. The van der Waals surface area contributed by atoms with Gasteiger partial charge in [0.05, 0.1) is 19.4 Å². The van der Waals surface area contributed by atoms with Crippen molar-refractivity contribution >= 4 is 5.96 Å². The molecule has 0 saturated heterocycles. The minimum Gasteiger partial charge on any atom is -0.469 e. The predicted molar refractivity (Wildman–Crippen MR) is 84.6 cm³/mol. The molecule has 1 saturated carbocycles. The Morgan fingerprint density at radius 2 is 2.24 bits per heavy atom. The van der Waals surface area contributed by atoms with Crippen LogP contribution in [0.1, 0.15) is 37.9 Å². The average molecular weight is 293 g/mol. The van der Waals surface area contributed by atoms with Gasteiger partial charge < -0.3 is 19.8 Å². The van der Waals surface area contributed by atoms with E-state index in [1.165, 1.54) is 32.1 Å². The van der Waals surface area contributed by atoms with Crippen LogP contribution in [0.3, 0.4) is 0 Å². The molecule has 1 aliphatic carbocycles. The third-order valence-electron chi connectivity index (χ3n) is 3.76. The number of rotatable bonds is 7. The minimum atomic E-state index is 0.552. The van der Waals surface area contributed by atoms with E-state index in [4.69, 9.17) is 9.15 Å². The van der Waals surface area contributed by atoms with Crippen molar-refractivity contribution < 1.29 is 9.15 Å². The first kappa shape index (κ1) is 15.9. The molecule has 5 heteroatoms. The Kier molecular flexibility index (Phi) is 7.15. The first-order chi connectivity index (χ1) is 10.4. The number of nitrogens with one attached hydrogen (secondary N) is 2. The first-order valence-electron chi connectivity index (χ1n) is 7.94. The van der Waals surface area contributed by atoms with Crippen molar-refractivity contribution in [2.45, 2.75) is 44.6 Å². The van der Waals surface area contributed by atoms with Crippen LogP contribution in [0.4, 0.5) is 0 Å². The summed E-state index contributed by atoms with van der Waals surface area (Å²) in [5.74, 6) is 1.89. The zero-order valence-corrected chi connectivity index (χ0v) is 12.9. The number of hydrogen-bond donors (Lipinski definition) is 2. The molecule has 1 heterocycles. The fourth-order valence-corrected chi connectivity index (χ4v) is 2.60. The molecule has 5 nitrogen and oxygen atoms in total. The average Bonchev–Trinajstić information content (AvgIpc) is 3.02. The van der Waals surface area contributed by atoms with E-state index in [0.717, 1.165) is 24.7 Å². The Morgan fingerprint density at radius 1 is 1.38 bits per heavy atom. The molecular formula is C16H27N3O2. The fraction of sp³-hybridized carbons (Fsp3) is 0.688. The van der Waals surface area contributed by atoms with Crippen LogP contribution in [0.5, 0.6) is 0 Å². The molecule has 0 unspecified atom stereocenters. The topological polar surface area (TPSA) is 58.8 Å². The minimum absolute atomic E-state index is 0.552. The third kappa shape index (κ3) is 6.21. The first-order valence-corrected chi connectivity index (χ1v) is 7.94. The lowest BCUT2D eigenvalue weighted by Gasteiger charge is -2.25. The number of methoxy groups -OCH3 is 1. The summed E-state index contributed by atoms with van der Waals surface area (Å²) in [6, 6.07) is 4.47. The second kappa shape index (κ2) is 9.45. The predicted octanol–water partition coefficient (Wildman–Crippen LogP) is 2.34. The Morgan fingerprint density at radius 3 is 2.95 bits per heavy atom. The molecular weight excluding hydrogens is 266 g/mol. The number of guanidine groups is 1. The summed E-state index contributed by atoms with van der Waals surface area (Å²) in [6.45, 7) is 2.15. The van der Waals surface area contributed by atoms with Gasteiger partial charge in [-0.25, -0.2) is 0 Å². The van der Waals surface area contributed by atoms with E-state index in [1.807, 2.05) is 12.1 Å². The maximum atomic E-state index is 5.34. The molecule has 1 aliphatic rings. The SMILES string of the molecule is COCCN=C(NCCc1ccco1)NC1CCCCC1. The van der Waals surface area contributed by atoms with Gasteiger partial charge in [-0.2, -0.15) is 0 Å². The summed E-state index contributed by atoms with van der Waals surface area (Å²) < 4.78 is 10.4. The number of hydrogen-bond acceptors (Lipinski definition) is 3. The highest BCUT2D eigenvalue weighted by Gasteiger charge is 2.14. The van der Waals surface area contributed by atoms with Crippen molar-refractivity contribution in [3.8, 4) is 0 Å². The van der Waals surface area contributed by atoms with Crippen LogP contribution in [0.2, 0.25) is 0 Å². The van der Waals surface area contributed by atoms with Crippen molar-refractivity contribution in [3.63, 3.8) is 0 Å². The summed E-state index contributed by atoms with van der Waals surface area (Å²) >= 11 is 0. The molecule has 0 amide bonds. The second-order valence-corrected chi connectivity index (χ2v) is 5.46. The lowest BCUT2D eigenvalue weighted by Crippen LogP contribution is -2.45. The van der Waals surface area contributed by atoms with Gasteiger partial charge in [-0.05, 0) is 25.0 Å². The van der Waals surface area contributed by atoms with E-state index in [9.17, 15) is 0 Å². The van der Waals surface area contributed by atoms with E-state index in [-0.39, 0.29) is 0 Å². The van der Waals surface area contributed by atoms with Crippen LogP contribution in [0.15, 0.2) is 27.8 Å². The highest BCUT2D eigenvalue weighted by atomic mass is 16.5. The van der Waals surface area contributed by atoms with Gasteiger partial charge in [0.1, 0.15) is 5.76 Å². The molecule has 2 rings (SSSR count). The summed E-state index contributed by atoms with van der Waals surface area (Å²) in [7, 11) is 1.70. The molecule has 118 valence electrons. The monoisotopic (exact) mass is 293 g/mol. The van der Waals surface area contributed by atoms with Crippen molar-refractivity contribution in [2.24, 2.45) is 4.99 Å². The van der Waals surface area contributed by atoms with Gasteiger partial charge >= 0.3 is 0 Å². The van der Waals surface area contributed by atoms with Crippen LogP contribution < -0.4 is 10.6 Å². The second-order valence-electron chi connectivity index (χ2n) is 5.46. The van der Waals surface area contributed by atoms with Gasteiger partial charge in [0, 0.05) is 26.1 Å². The lowest BCUT2D eigenvalue weighted by molar-refractivity contribution is 0.207. The van der Waals surface area contributed by atoms with Gasteiger partial charge in [0.15, 0.2) is 5.96 Å². The Hall–Kier alpha value is -1.49. The van der Waals surface area contributed by atoms with E-state index >= 15 is 0 Å². The Labute approximate surface area is 127 Å². The van der Waals surface area contributed by atoms with E-state index in [2.05, 4.69) is 15.6 Å². The van der Waals surface area contributed by atoms with Crippen molar-refractivity contribution in [2.75, 3.05) is 26.8 Å². The van der Waals surface area contributed by atoms with Crippen LogP contribution in [-0.2, 0) is 11.2 Å². The Balaban J connectivity index is 1.77. The standard InChI is InChI=1S/C16H27N3O2/c1-20-13-11-18-16(19-14-6-3-2-4-7-14)17-10-9-15-8-5-12-21-15/h5,8,12,14H,2-4,6-7,9-11,13H2,1H3,(H2,17,18,19).